The summed E-state index contributed by atoms with van der Waals surface area (Å²) in [6.07, 6.45) is 6.09. The van der Waals surface area contributed by atoms with E-state index in [0.717, 1.165) is 29.8 Å². The molecular weight excluding hydrogens is 290 g/mol. The van der Waals surface area contributed by atoms with Crippen LogP contribution in [0.1, 0.15) is 49.9 Å². The van der Waals surface area contributed by atoms with Gasteiger partial charge in [-0.1, -0.05) is 26.2 Å². The van der Waals surface area contributed by atoms with Crippen molar-refractivity contribution in [3.63, 3.8) is 0 Å². The summed E-state index contributed by atoms with van der Waals surface area (Å²) in [4.78, 5) is 12.5. The molecule has 2 aromatic rings. The van der Waals surface area contributed by atoms with Crippen LogP contribution < -0.4 is 10.1 Å². The summed E-state index contributed by atoms with van der Waals surface area (Å²) in [5.41, 5.74) is 2.20. The van der Waals surface area contributed by atoms with Gasteiger partial charge in [-0.3, -0.25) is 9.89 Å². The third-order valence-corrected chi connectivity index (χ3v) is 3.88. The molecule has 2 rings (SSSR count). The van der Waals surface area contributed by atoms with E-state index >= 15 is 0 Å². The largest absolute Gasteiger partial charge is 0.497 e. The Kier molecular flexibility index (Phi) is 6.20. The van der Waals surface area contributed by atoms with Crippen molar-refractivity contribution in [3.05, 3.63) is 36.0 Å². The molecule has 0 aliphatic heterocycles. The Morgan fingerprint density at radius 2 is 2.04 bits per heavy atom. The minimum atomic E-state index is -0.0893. The van der Waals surface area contributed by atoms with E-state index in [2.05, 4.69) is 22.4 Å². The molecule has 0 fully saturated rings. The smallest absolute Gasteiger partial charge is 0.255 e. The van der Waals surface area contributed by atoms with Crippen LogP contribution in [0.5, 0.6) is 5.75 Å². The summed E-state index contributed by atoms with van der Waals surface area (Å²) in [7, 11) is 1.63. The number of methoxy groups -OCH3 is 1. The maximum atomic E-state index is 12.5. The van der Waals surface area contributed by atoms with Crippen LogP contribution in [0, 0.1) is 0 Å². The second-order valence-corrected chi connectivity index (χ2v) is 5.76. The van der Waals surface area contributed by atoms with Gasteiger partial charge in [0, 0.05) is 11.6 Å². The zero-order valence-corrected chi connectivity index (χ0v) is 14.1. The lowest BCUT2D eigenvalue weighted by Crippen LogP contribution is -2.32. The first-order valence-corrected chi connectivity index (χ1v) is 8.14. The highest BCUT2D eigenvalue weighted by atomic mass is 16.5. The van der Waals surface area contributed by atoms with Crippen LogP contribution in [0.15, 0.2) is 30.5 Å². The SMILES string of the molecule is CCCCCC(C)NC(=O)c1cn[nH]c1-c1ccc(OC)cc1. The molecule has 1 amide bonds. The van der Waals surface area contributed by atoms with E-state index in [1.165, 1.54) is 12.8 Å². The number of nitrogens with zero attached hydrogens (tertiary/aromatic N) is 1. The fraction of sp³-hybridized carbons (Fsp3) is 0.444. The number of unbranched alkanes of at least 4 members (excludes halogenated alkanes) is 2. The molecule has 0 aliphatic rings. The standard InChI is InChI=1S/C18H25N3O2/c1-4-5-6-7-13(2)20-18(22)16-12-19-21-17(16)14-8-10-15(23-3)11-9-14/h8-13H,4-7H2,1-3H3,(H,19,21)(H,20,22). The minimum Gasteiger partial charge on any atom is -0.497 e. The van der Waals surface area contributed by atoms with Gasteiger partial charge in [0.25, 0.3) is 5.91 Å². The molecule has 1 aromatic carbocycles. The van der Waals surface area contributed by atoms with Gasteiger partial charge in [-0.05, 0) is 37.6 Å². The third kappa shape index (κ3) is 4.58. The van der Waals surface area contributed by atoms with Gasteiger partial charge in [0.15, 0.2) is 0 Å². The highest BCUT2D eigenvalue weighted by Gasteiger charge is 2.17. The molecule has 0 saturated carbocycles. The average Bonchev–Trinajstić information content (AvgIpc) is 3.05. The van der Waals surface area contributed by atoms with Crippen LogP contribution in [-0.2, 0) is 0 Å². The van der Waals surface area contributed by atoms with Gasteiger partial charge < -0.3 is 10.1 Å². The third-order valence-electron chi connectivity index (χ3n) is 3.88. The Labute approximate surface area is 137 Å². The minimum absolute atomic E-state index is 0.0893. The molecule has 0 bridgehead atoms. The molecule has 0 saturated heterocycles. The predicted octanol–water partition coefficient (Wildman–Crippen LogP) is 3.78. The van der Waals surface area contributed by atoms with Crippen LogP contribution >= 0.6 is 0 Å². The Balaban J connectivity index is 2.05. The van der Waals surface area contributed by atoms with Crippen molar-refractivity contribution in [3.8, 4) is 17.0 Å². The predicted molar refractivity (Wildman–Crippen MR) is 91.6 cm³/mol. The Hall–Kier alpha value is -2.30. The summed E-state index contributed by atoms with van der Waals surface area (Å²) < 4.78 is 5.16. The van der Waals surface area contributed by atoms with E-state index in [9.17, 15) is 4.79 Å². The summed E-state index contributed by atoms with van der Waals surface area (Å²) in [5.74, 6) is 0.692. The van der Waals surface area contributed by atoms with Crippen molar-refractivity contribution in [2.75, 3.05) is 7.11 Å². The lowest BCUT2D eigenvalue weighted by Gasteiger charge is -2.13. The number of aromatic amines is 1. The lowest BCUT2D eigenvalue weighted by atomic mass is 10.1. The van der Waals surface area contributed by atoms with Gasteiger partial charge in [-0.2, -0.15) is 5.10 Å². The quantitative estimate of drug-likeness (QED) is 0.728. The average molecular weight is 315 g/mol. The van der Waals surface area contributed by atoms with E-state index in [1.807, 2.05) is 31.2 Å². The first kappa shape index (κ1) is 17.1. The number of amides is 1. The van der Waals surface area contributed by atoms with Gasteiger partial charge in [0.2, 0.25) is 0 Å². The number of carbonyl (C=O) groups excluding carboxylic acids is 1. The van der Waals surface area contributed by atoms with Crippen LogP contribution in [0.2, 0.25) is 0 Å². The normalized spacial score (nSPS) is 12.0. The fourth-order valence-electron chi connectivity index (χ4n) is 2.51. The van der Waals surface area contributed by atoms with Gasteiger partial charge in [0.1, 0.15) is 5.75 Å². The maximum absolute atomic E-state index is 12.5. The first-order chi connectivity index (χ1) is 11.2. The first-order valence-electron chi connectivity index (χ1n) is 8.14. The number of nitrogens with one attached hydrogen (secondary N) is 2. The molecule has 0 radical (unpaired) electrons. The van der Waals surface area contributed by atoms with E-state index in [1.54, 1.807) is 13.3 Å². The molecular formula is C18H25N3O2. The van der Waals surface area contributed by atoms with E-state index in [-0.39, 0.29) is 11.9 Å². The van der Waals surface area contributed by atoms with Gasteiger partial charge in [-0.25, -0.2) is 0 Å². The molecule has 0 spiro atoms. The number of hydrogen-bond donors (Lipinski definition) is 2. The van der Waals surface area contributed by atoms with Crippen molar-refractivity contribution in [1.29, 1.82) is 0 Å². The van der Waals surface area contributed by atoms with Crippen molar-refractivity contribution in [2.24, 2.45) is 0 Å². The Morgan fingerprint density at radius 3 is 2.70 bits per heavy atom. The highest BCUT2D eigenvalue weighted by molar-refractivity contribution is 5.99. The topological polar surface area (TPSA) is 67.0 Å². The number of ether oxygens (including phenoxy) is 1. The highest BCUT2D eigenvalue weighted by Crippen LogP contribution is 2.23. The van der Waals surface area contributed by atoms with Crippen molar-refractivity contribution in [1.82, 2.24) is 15.5 Å². The molecule has 124 valence electrons. The monoisotopic (exact) mass is 315 g/mol. The zero-order chi connectivity index (χ0) is 16.7. The van der Waals surface area contributed by atoms with E-state index < -0.39 is 0 Å². The fourth-order valence-corrected chi connectivity index (χ4v) is 2.51. The van der Waals surface area contributed by atoms with Crippen LogP contribution in [0.25, 0.3) is 11.3 Å². The molecule has 2 N–H and O–H groups in total. The second kappa shape index (κ2) is 8.36. The van der Waals surface area contributed by atoms with E-state index in [0.29, 0.717) is 5.56 Å². The molecule has 1 unspecified atom stereocenters. The number of hydrogen-bond acceptors (Lipinski definition) is 3. The Morgan fingerprint density at radius 1 is 1.30 bits per heavy atom. The van der Waals surface area contributed by atoms with E-state index in [4.69, 9.17) is 4.74 Å². The zero-order valence-electron chi connectivity index (χ0n) is 14.1. The summed E-state index contributed by atoms with van der Waals surface area (Å²) in [6.45, 7) is 4.22. The number of benzene rings is 1. The molecule has 5 nitrogen and oxygen atoms in total. The number of H-pyrrole nitrogens is 1. The van der Waals surface area contributed by atoms with Crippen LogP contribution in [0.4, 0.5) is 0 Å². The molecule has 0 aliphatic carbocycles. The van der Waals surface area contributed by atoms with Gasteiger partial charge in [0.05, 0.1) is 24.6 Å². The molecule has 1 heterocycles. The van der Waals surface area contributed by atoms with Crippen molar-refractivity contribution in [2.45, 2.75) is 45.6 Å². The number of carbonyl (C=O) groups is 1. The number of rotatable bonds is 8. The summed E-state index contributed by atoms with van der Waals surface area (Å²) >= 11 is 0. The van der Waals surface area contributed by atoms with Crippen LogP contribution in [-0.4, -0.2) is 29.3 Å². The van der Waals surface area contributed by atoms with Crippen LogP contribution in [0.3, 0.4) is 0 Å². The molecule has 5 heteroatoms. The Bertz CT molecular complexity index is 619. The number of aromatic nitrogens is 2. The maximum Gasteiger partial charge on any atom is 0.255 e. The molecule has 23 heavy (non-hydrogen) atoms. The van der Waals surface area contributed by atoms with Gasteiger partial charge in [-0.15, -0.1) is 0 Å². The van der Waals surface area contributed by atoms with Crippen molar-refractivity contribution < 1.29 is 9.53 Å². The van der Waals surface area contributed by atoms with Gasteiger partial charge >= 0.3 is 0 Å². The summed E-state index contributed by atoms with van der Waals surface area (Å²) in [5, 5.41) is 9.99. The van der Waals surface area contributed by atoms with Crippen molar-refractivity contribution >= 4 is 5.91 Å². The molecule has 1 atom stereocenters. The lowest BCUT2D eigenvalue weighted by molar-refractivity contribution is 0.0938. The second-order valence-electron chi connectivity index (χ2n) is 5.76. The summed E-state index contributed by atoms with van der Waals surface area (Å²) in [6, 6.07) is 7.71. The molecule has 1 aromatic heterocycles.